The number of rotatable bonds is 7. The number of nitrogens with one attached hydrogen (secondary N) is 2. The molecule has 21 heavy (non-hydrogen) atoms. The second-order valence-electron chi connectivity index (χ2n) is 4.63. The molecule has 4 N–H and O–H groups in total. The van der Waals surface area contributed by atoms with Gasteiger partial charge in [-0.1, -0.05) is 22.9 Å². The molecule has 0 fully saturated rings. The average molecular weight is 378 g/mol. The van der Waals surface area contributed by atoms with Crippen LogP contribution in [0.15, 0.2) is 21.5 Å². The van der Waals surface area contributed by atoms with Gasteiger partial charge in [0.25, 0.3) is 5.91 Å². The zero-order chi connectivity index (χ0) is 16.0. The summed E-state index contributed by atoms with van der Waals surface area (Å²) in [6, 6.07) is 2.98. The van der Waals surface area contributed by atoms with Crippen molar-refractivity contribution < 1.29 is 13.2 Å². The Labute approximate surface area is 133 Å². The lowest BCUT2D eigenvalue weighted by molar-refractivity contribution is 0.0953. The minimum absolute atomic E-state index is 0.0499. The van der Waals surface area contributed by atoms with E-state index in [0.717, 1.165) is 13.0 Å². The van der Waals surface area contributed by atoms with Gasteiger partial charge < -0.3 is 10.6 Å². The molecule has 0 unspecified atom stereocenters. The first-order valence-electron chi connectivity index (χ1n) is 6.59. The van der Waals surface area contributed by atoms with Gasteiger partial charge >= 0.3 is 0 Å². The molecule has 1 amide bonds. The summed E-state index contributed by atoms with van der Waals surface area (Å²) in [5.74, 6) is -0.322. The molecule has 0 aliphatic carbocycles. The highest BCUT2D eigenvalue weighted by Gasteiger charge is 2.19. The summed E-state index contributed by atoms with van der Waals surface area (Å²) in [7, 11) is -3.87. The van der Waals surface area contributed by atoms with E-state index in [1.54, 1.807) is 13.0 Å². The van der Waals surface area contributed by atoms with Crippen LogP contribution in [0.5, 0.6) is 0 Å². The minimum Gasteiger partial charge on any atom is -0.351 e. The van der Waals surface area contributed by atoms with E-state index in [2.05, 4.69) is 33.5 Å². The van der Waals surface area contributed by atoms with E-state index < -0.39 is 10.0 Å². The Morgan fingerprint density at radius 2 is 1.95 bits per heavy atom. The molecule has 6 nitrogen and oxygen atoms in total. The molecule has 1 rings (SSSR count). The molecule has 0 bridgehead atoms. The molecule has 1 aromatic rings. The molecule has 0 radical (unpaired) electrons. The van der Waals surface area contributed by atoms with E-state index in [0.29, 0.717) is 28.7 Å². The Bertz CT molecular complexity index is 617. The molecule has 0 spiro atoms. The van der Waals surface area contributed by atoms with Crippen LogP contribution in [0.3, 0.4) is 0 Å². The maximum absolute atomic E-state index is 12.1. The minimum atomic E-state index is -3.87. The lowest BCUT2D eigenvalue weighted by Crippen LogP contribution is -2.32. The van der Waals surface area contributed by atoms with Gasteiger partial charge in [-0.2, -0.15) is 0 Å². The number of carbonyl (C=O) groups excluding carboxylic acids is 1. The predicted molar refractivity (Wildman–Crippen MR) is 85.7 cm³/mol. The predicted octanol–water partition coefficient (Wildman–Crippen LogP) is 1.13. The normalized spacial score (nSPS) is 11.4. The fourth-order valence-corrected chi connectivity index (χ4v) is 3.28. The van der Waals surface area contributed by atoms with Gasteiger partial charge in [0.15, 0.2) is 0 Å². The van der Waals surface area contributed by atoms with Crippen molar-refractivity contribution in [3.05, 3.63) is 27.7 Å². The quantitative estimate of drug-likeness (QED) is 0.619. The molecule has 118 valence electrons. The van der Waals surface area contributed by atoms with Crippen molar-refractivity contribution in [3.63, 3.8) is 0 Å². The number of sulfonamides is 1. The summed E-state index contributed by atoms with van der Waals surface area (Å²) in [4.78, 5) is 12.1. The molecule has 0 aromatic heterocycles. The maximum Gasteiger partial charge on any atom is 0.251 e. The molecule has 0 saturated carbocycles. The molecule has 1 aromatic carbocycles. The molecule has 0 aliphatic rings. The van der Waals surface area contributed by atoms with E-state index in [9.17, 15) is 13.2 Å². The van der Waals surface area contributed by atoms with Crippen LogP contribution >= 0.6 is 15.9 Å². The standard InChI is InChI=1S/C13H20BrN3O3S/c1-3-4-16-5-6-17-13(18)11-7-10(14)8-12(9(11)2)21(15,19)20/h7-8,16H,3-6H2,1-2H3,(H,17,18)(H2,15,19,20). The second-order valence-corrected chi connectivity index (χ2v) is 7.07. The van der Waals surface area contributed by atoms with Crippen LogP contribution < -0.4 is 15.8 Å². The average Bonchev–Trinajstić information content (AvgIpc) is 2.39. The number of hydrogen-bond acceptors (Lipinski definition) is 4. The van der Waals surface area contributed by atoms with Gasteiger partial charge in [0.2, 0.25) is 10.0 Å². The van der Waals surface area contributed by atoms with Crippen LogP contribution in [-0.2, 0) is 10.0 Å². The number of amides is 1. The summed E-state index contributed by atoms with van der Waals surface area (Å²) in [5, 5.41) is 11.1. The Balaban J connectivity index is 2.88. The van der Waals surface area contributed by atoms with Gasteiger partial charge in [0.1, 0.15) is 0 Å². The molecule has 0 heterocycles. The third-order valence-electron chi connectivity index (χ3n) is 2.89. The van der Waals surface area contributed by atoms with Crippen LogP contribution in [0, 0.1) is 6.92 Å². The third kappa shape index (κ3) is 5.39. The molecule has 0 atom stereocenters. The fourth-order valence-electron chi connectivity index (χ4n) is 1.85. The van der Waals surface area contributed by atoms with Crippen LogP contribution in [0.4, 0.5) is 0 Å². The van der Waals surface area contributed by atoms with E-state index in [1.807, 2.05) is 0 Å². The lowest BCUT2D eigenvalue weighted by atomic mass is 10.1. The highest BCUT2D eigenvalue weighted by Crippen LogP contribution is 2.23. The number of nitrogens with two attached hydrogens (primary N) is 1. The first kappa shape index (κ1) is 18.1. The third-order valence-corrected chi connectivity index (χ3v) is 4.39. The Hall–Kier alpha value is -0.960. The van der Waals surface area contributed by atoms with Gasteiger partial charge in [0.05, 0.1) is 4.90 Å². The maximum atomic E-state index is 12.1. The van der Waals surface area contributed by atoms with Gasteiger partial charge in [-0.25, -0.2) is 13.6 Å². The largest absolute Gasteiger partial charge is 0.351 e. The lowest BCUT2D eigenvalue weighted by Gasteiger charge is -2.12. The second kappa shape index (κ2) is 7.88. The highest BCUT2D eigenvalue weighted by molar-refractivity contribution is 9.10. The summed E-state index contributed by atoms with van der Waals surface area (Å²) < 4.78 is 23.5. The van der Waals surface area contributed by atoms with Crippen LogP contribution in [0.2, 0.25) is 0 Å². The van der Waals surface area contributed by atoms with Gasteiger partial charge in [-0.15, -0.1) is 0 Å². The van der Waals surface area contributed by atoms with Crippen LogP contribution in [-0.4, -0.2) is 34.0 Å². The Morgan fingerprint density at radius 1 is 1.29 bits per heavy atom. The van der Waals surface area contributed by atoms with Crippen molar-refractivity contribution in [2.24, 2.45) is 5.14 Å². The monoisotopic (exact) mass is 377 g/mol. The zero-order valence-electron chi connectivity index (χ0n) is 12.1. The highest BCUT2D eigenvalue weighted by atomic mass is 79.9. The van der Waals surface area contributed by atoms with Crippen molar-refractivity contribution in [2.75, 3.05) is 19.6 Å². The van der Waals surface area contributed by atoms with Crippen LogP contribution in [0.25, 0.3) is 0 Å². The number of benzene rings is 1. The van der Waals surface area contributed by atoms with E-state index >= 15 is 0 Å². The molecular formula is C13H20BrN3O3S. The zero-order valence-corrected chi connectivity index (χ0v) is 14.5. The molecular weight excluding hydrogens is 358 g/mol. The van der Waals surface area contributed by atoms with Crippen molar-refractivity contribution in [1.82, 2.24) is 10.6 Å². The summed E-state index contributed by atoms with van der Waals surface area (Å²) in [6.07, 6.45) is 1.02. The van der Waals surface area contributed by atoms with Crippen molar-refractivity contribution in [2.45, 2.75) is 25.2 Å². The SMILES string of the molecule is CCCNCCNC(=O)c1cc(Br)cc(S(N)(=O)=O)c1C. The molecule has 0 aliphatic heterocycles. The molecule has 0 saturated heterocycles. The smallest absolute Gasteiger partial charge is 0.251 e. The van der Waals surface area contributed by atoms with Gasteiger partial charge in [0, 0.05) is 23.1 Å². The van der Waals surface area contributed by atoms with Crippen molar-refractivity contribution >= 4 is 31.9 Å². The number of carbonyl (C=O) groups is 1. The van der Waals surface area contributed by atoms with Crippen molar-refractivity contribution in [3.8, 4) is 0 Å². The summed E-state index contributed by atoms with van der Waals surface area (Å²) in [6.45, 7) is 5.65. The van der Waals surface area contributed by atoms with Crippen molar-refractivity contribution in [1.29, 1.82) is 0 Å². The first-order chi connectivity index (χ1) is 9.77. The van der Waals surface area contributed by atoms with E-state index in [-0.39, 0.29) is 10.8 Å². The topological polar surface area (TPSA) is 101 Å². The van der Waals surface area contributed by atoms with E-state index in [1.165, 1.54) is 6.07 Å². The molecule has 8 heteroatoms. The van der Waals surface area contributed by atoms with Gasteiger partial charge in [-0.05, 0) is 37.6 Å². The fraction of sp³-hybridized carbons (Fsp3) is 0.462. The summed E-state index contributed by atoms with van der Waals surface area (Å²) in [5.41, 5.74) is 0.642. The Kier molecular flexibility index (Phi) is 6.79. The summed E-state index contributed by atoms with van der Waals surface area (Å²) >= 11 is 3.20. The van der Waals surface area contributed by atoms with Gasteiger partial charge in [-0.3, -0.25) is 4.79 Å². The number of primary sulfonamides is 1. The van der Waals surface area contributed by atoms with E-state index in [4.69, 9.17) is 5.14 Å². The van der Waals surface area contributed by atoms with Crippen LogP contribution in [0.1, 0.15) is 29.3 Å². The number of hydrogen-bond donors (Lipinski definition) is 3. The first-order valence-corrected chi connectivity index (χ1v) is 8.93. The number of halogens is 1. The Morgan fingerprint density at radius 3 is 2.52 bits per heavy atom.